The van der Waals surface area contributed by atoms with E-state index in [-0.39, 0.29) is 24.2 Å². The second-order valence-electron chi connectivity index (χ2n) is 4.81. The van der Waals surface area contributed by atoms with E-state index >= 15 is 0 Å². The quantitative estimate of drug-likeness (QED) is 0.390. The zero-order chi connectivity index (χ0) is 11.6. The number of hydrogen-bond donors (Lipinski definition) is 1. The van der Waals surface area contributed by atoms with Crippen molar-refractivity contribution in [3.63, 3.8) is 0 Å². The molecule has 1 rings (SSSR count). The van der Waals surface area contributed by atoms with Crippen molar-refractivity contribution in [3.8, 4) is 0 Å². The lowest BCUT2D eigenvalue weighted by Crippen LogP contribution is -2.46. The van der Waals surface area contributed by atoms with Crippen LogP contribution >= 0.6 is 0 Å². The molecule has 2 N–H and O–H groups in total. The molecule has 1 aliphatic heterocycles. The van der Waals surface area contributed by atoms with Crippen molar-refractivity contribution in [2.45, 2.75) is 39.2 Å². The topological polar surface area (TPSA) is 72.6 Å². The van der Waals surface area contributed by atoms with E-state index in [1.807, 2.05) is 20.8 Å². The normalized spacial score (nSPS) is 22.8. The zero-order valence-corrected chi connectivity index (χ0v) is 9.45. The highest BCUT2D eigenvalue weighted by molar-refractivity contribution is 5.84. The van der Waals surface area contributed by atoms with E-state index < -0.39 is 5.60 Å². The van der Waals surface area contributed by atoms with Gasteiger partial charge in [0.05, 0.1) is 5.92 Å². The number of piperidine rings is 1. The monoisotopic (exact) mass is 214 g/mol. The molecule has 5 nitrogen and oxygen atoms in total. The predicted molar refractivity (Wildman–Crippen MR) is 54.5 cm³/mol. The van der Waals surface area contributed by atoms with Crippen molar-refractivity contribution in [1.82, 2.24) is 5.01 Å². The summed E-state index contributed by atoms with van der Waals surface area (Å²) in [5.74, 6) is 4.56. The highest BCUT2D eigenvalue weighted by Gasteiger charge is 2.32. The number of amides is 1. The maximum Gasteiger partial charge on any atom is 0.310 e. The Morgan fingerprint density at radius 3 is 2.60 bits per heavy atom. The molecule has 15 heavy (non-hydrogen) atoms. The van der Waals surface area contributed by atoms with Gasteiger partial charge in [0.2, 0.25) is 5.91 Å². The van der Waals surface area contributed by atoms with E-state index in [0.717, 1.165) is 5.01 Å². The molecule has 0 saturated carbocycles. The molecule has 1 atom stereocenters. The second-order valence-corrected chi connectivity index (χ2v) is 4.81. The first-order valence-corrected chi connectivity index (χ1v) is 5.07. The van der Waals surface area contributed by atoms with Gasteiger partial charge in [0.1, 0.15) is 5.60 Å². The average Bonchev–Trinajstić information content (AvgIpc) is 2.06. The van der Waals surface area contributed by atoms with Gasteiger partial charge in [-0.1, -0.05) is 0 Å². The molecular weight excluding hydrogens is 196 g/mol. The standard InChI is InChI=1S/C10H18N2O3/c1-10(2,3)15-9(14)7-4-5-12(11)8(13)6-7/h7H,4-6,11H2,1-3H3. The third-order valence-corrected chi connectivity index (χ3v) is 2.20. The molecule has 1 fully saturated rings. The van der Waals surface area contributed by atoms with Gasteiger partial charge in [0.15, 0.2) is 0 Å². The smallest absolute Gasteiger partial charge is 0.310 e. The van der Waals surface area contributed by atoms with Crippen molar-refractivity contribution >= 4 is 11.9 Å². The first-order chi connectivity index (χ1) is 6.79. The summed E-state index contributed by atoms with van der Waals surface area (Å²) in [7, 11) is 0. The van der Waals surface area contributed by atoms with Crippen LogP contribution in [0.25, 0.3) is 0 Å². The third kappa shape index (κ3) is 3.51. The van der Waals surface area contributed by atoms with Crippen LogP contribution in [0.5, 0.6) is 0 Å². The fourth-order valence-corrected chi connectivity index (χ4v) is 1.44. The Kier molecular flexibility index (Phi) is 3.34. The van der Waals surface area contributed by atoms with Gasteiger partial charge in [-0.3, -0.25) is 14.6 Å². The van der Waals surface area contributed by atoms with Crippen LogP contribution in [0.2, 0.25) is 0 Å². The highest BCUT2D eigenvalue weighted by atomic mass is 16.6. The van der Waals surface area contributed by atoms with E-state index in [1.165, 1.54) is 0 Å². The fourth-order valence-electron chi connectivity index (χ4n) is 1.44. The van der Waals surface area contributed by atoms with Crippen molar-refractivity contribution in [2.75, 3.05) is 6.54 Å². The molecule has 0 aromatic rings. The molecule has 0 aromatic heterocycles. The number of carbonyl (C=O) groups excluding carboxylic acids is 2. The largest absolute Gasteiger partial charge is 0.460 e. The molecule has 0 spiro atoms. The van der Waals surface area contributed by atoms with E-state index in [9.17, 15) is 9.59 Å². The number of rotatable bonds is 1. The Hall–Kier alpha value is -1.10. The number of nitrogens with two attached hydrogens (primary N) is 1. The minimum Gasteiger partial charge on any atom is -0.460 e. The third-order valence-electron chi connectivity index (χ3n) is 2.20. The van der Waals surface area contributed by atoms with Crippen LogP contribution in [0.4, 0.5) is 0 Å². The van der Waals surface area contributed by atoms with Crippen molar-refractivity contribution in [2.24, 2.45) is 11.8 Å². The number of carbonyl (C=O) groups is 2. The van der Waals surface area contributed by atoms with Crippen LogP contribution < -0.4 is 5.84 Å². The van der Waals surface area contributed by atoms with Gasteiger partial charge in [-0.05, 0) is 27.2 Å². The van der Waals surface area contributed by atoms with Crippen LogP contribution in [0.3, 0.4) is 0 Å². The molecule has 1 saturated heterocycles. The molecule has 1 aliphatic rings. The average molecular weight is 214 g/mol. The number of hydrazine groups is 1. The first kappa shape index (κ1) is 12.0. The van der Waals surface area contributed by atoms with Gasteiger partial charge < -0.3 is 4.74 Å². The highest BCUT2D eigenvalue weighted by Crippen LogP contribution is 2.20. The van der Waals surface area contributed by atoms with E-state index in [0.29, 0.717) is 13.0 Å². The van der Waals surface area contributed by atoms with Crippen LogP contribution in [0.1, 0.15) is 33.6 Å². The van der Waals surface area contributed by atoms with E-state index in [4.69, 9.17) is 10.6 Å². The van der Waals surface area contributed by atoms with Crippen LogP contribution in [-0.4, -0.2) is 29.0 Å². The number of nitrogens with zero attached hydrogens (tertiary/aromatic N) is 1. The van der Waals surface area contributed by atoms with Gasteiger partial charge in [-0.15, -0.1) is 0 Å². The zero-order valence-electron chi connectivity index (χ0n) is 9.45. The van der Waals surface area contributed by atoms with Gasteiger partial charge in [0.25, 0.3) is 0 Å². The Balaban J connectivity index is 2.52. The van der Waals surface area contributed by atoms with Gasteiger partial charge >= 0.3 is 5.97 Å². The van der Waals surface area contributed by atoms with Crippen LogP contribution in [0.15, 0.2) is 0 Å². The number of esters is 1. The Bertz CT molecular complexity index is 270. The molecule has 86 valence electrons. The first-order valence-electron chi connectivity index (χ1n) is 5.07. The van der Waals surface area contributed by atoms with E-state index in [2.05, 4.69) is 0 Å². The Morgan fingerprint density at radius 1 is 1.53 bits per heavy atom. The molecule has 5 heteroatoms. The lowest BCUT2D eigenvalue weighted by molar-refractivity contribution is -0.164. The van der Waals surface area contributed by atoms with E-state index in [1.54, 1.807) is 0 Å². The molecule has 0 aliphatic carbocycles. The summed E-state index contributed by atoms with van der Waals surface area (Å²) in [6.45, 7) is 5.85. The number of hydrogen-bond acceptors (Lipinski definition) is 4. The summed E-state index contributed by atoms with van der Waals surface area (Å²) in [5.41, 5.74) is -0.500. The summed E-state index contributed by atoms with van der Waals surface area (Å²) in [6.07, 6.45) is 0.739. The lowest BCUT2D eigenvalue weighted by Gasteiger charge is -2.29. The van der Waals surface area contributed by atoms with Gasteiger partial charge in [-0.2, -0.15) is 0 Å². The minimum absolute atomic E-state index is 0.158. The maximum absolute atomic E-state index is 11.6. The van der Waals surface area contributed by atoms with Gasteiger partial charge in [0, 0.05) is 13.0 Å². The summed E-state index contributed by atoms with van der Waals surface area (Å²) in [5, 5.41) is 1.15. The summed E-state index contributed by atoms with van der Waals surface area (Å²) in [4.78, 5) is 22.9. The van der Waals surface area contributed by atoms with Crippen LogP contribution in [0, 0.1) is 5.92 Å². The summed E-state index contributed by atoms with van der Waals surface area (Å²) >= 11 is 0. The van der Waals surface area contributed by atoms with Crippen molar-refractivity contribution in [3.05, 3.63) is 0 Å². The maximum atomic E-state index is 11.6. The Labute approximate surface area is 89.5 Å². The van der Waals surface area contributed by atoms with Crippen molar-refractivity contribution < 1.29 is 14.3 Å². The summed E-state index contributed by atoms with van der Waals surface area (Å²) in [6, 6.07) is 0. The Morgan fingerprint density at radius 2 is 2.13 bits per heavy atom. The lowest BCUT2D eigenvalue weighted by atomic mass is 9.97. The number of ether oxygens (including phenoxy) is 1. The minimum atomic E-state index is -0.500. The van der Waals surface area contributed by atoms with Crippen molar-refractivity contribution in [1.29, 1.82) is 0 Å². The SMILES string of the molecule is CC(C)(C)OC(=O)C1CCN(N)C(=O)C1. The second kappa shape index (κ2) is 4.18. The van der Waals surface area contributed by atoms with Gasteiger partial charge in [-0.25, -0.2) is 5.84 Å². The molecule has 1 unspecified atom stereocenters. The van der Waals surface area contributed by atoms with Crippen LogP contribution in [-0.2, 0) is 14.3 Å². The molecule has 0 aromatic carbocycles. The molecule has 1 amide bonds. The summed E-state index contributed by atoms with van der Waals surface area (Å²) < 4.78 is 5.21. The molecule has 0 radical (unpaired) electrons. The fraction of sp³-hybridized carbons (Fsp3) is 0.800. The predicted octanol–water partition coefficient (Wildman–Crippen LogP) is 0.440. The molecular formula is C10H18N2O3. The molecule has 0 bridgehead atoms. The molecule has 1 heterocycles.